The van der Waals surface area contributed by atoms with Crippen molar-refractivity contribution in [3.8, 4) is 11.1 Å². The van der Waals surface area contributed by atoms with Crippen LogP contribution in [0.5, 0.6) is 0 Å². The number of carboxylic acid groups (broad SMARTS) is 1. The van der Waals surface area contributed by atoms with Gasteiger partial charge in [0, 0.05) is 54.3 Å². The molecular weight excluding hydrogens is 629 g/mol. The first kappa shape index (κ1) is 36.7. The van der Waals surface area contributed by atoms with Gasteiger partial charge in [-0.2, -0.15) is 0 Å². The van der Waals surface area contributed by atoms with Crippen LogP contribution < -0.4 is 4.90 Å². The number of aromatic nitrogens is 1. The molecular formula is C42H50FN3O4. The van der Waals surface area contributed by atoms with Crippen LogP contribution in [0.15, 0.2) is 72.8 Å². The minimum absolute atomic E-state index is 0.103. The van der Waals surface area contributed by atoms with Gasteiger partial charge in [0.2, 0.25) is 0 Å². The van der Waals surface area contributed by atoms with Gasteiger partial charge in [0.15, 0.2) is 6.10 Å². The second kappa shape index (κ2) is 14.7. The van der Waals surface area contributed by atoms with E-state index in [1.807, 2.05) is 90.1 Å². The second-order valence-electron chi connectivity index (χ2n) is 15.3. The van der Waals surface area contributed by atoms with Crippen LogP contribution in [-0.2, 0) is 22.6 Å². The summed E-state index contributed by atoms with van der Waals surface area (Å²) < 4.78 is 19.9. The summed E-state index contributed by atoms with van der Waals surface area (Å²) in [6, 6.07) is 21.9. The fraction of sp³-hybridized carbons (Fsp3) is 0.405. The molecule has 0 bridgehead atoms. The number of benzene rings is 3. The molecule has 1 aromatic heterocycles. The molecule has 3 aromatic carbocycles. The second-order valence-corrected chi connectivity index (χ2v) is 15.3. The van der Waals surface area contributed by atoms with Crippen molar-refractivity contribution in [2.24, 2.45) is 5.41 Å². The highest BCUT2D eigenvalue weighted by atomic mass is 19.1. The molecule has 8 heteroatoms. The Morgan fingerprint density at radius 2 is 1.46 bits per heavy atom. The summed E-state index contributed by atoms with van der Waals surface area (Å²) in [5, 5.41) is 10.5. The number of anilines is 1. The molecule has 0 spiro atoms. The number of carbonyl (C=O) groups is 2. The number of ether oxygens (including phenoxy) is 1. The van der Waals surface area contributed by atoms with E-state index in [4.69, 9.17) is 9.72 Å². The standard InChI is InChI=1S/C42H50FN3O4/c1-27-11-9-10-12-34(27)39(47)46(26-31-15-19-33(43)20-16-31)25-30-13-17-32(18-14-30)35-28(2)44-29(3)36(38(40(48)49)50-41(4,5)6)37(35)45-23-21-42(7,8)22-24-45/h9-20,38H,21-26H2,1-8H3,(H,48,49). The summed E-state index contributed by atoms with van der Waals surface area (Å²) in [5.41, 5.74) is 7.48. The molecule has 1 unspecified atom stereocenters. The van der Waals surface area contributed by atoms with Gasteiger partial charge in [0.25, 0.3) is 5.91 Å². The van der Waals surface area contributed by atoms with Crippen LogP contribution in [0.3, 0.4) is 0 Å². The fourth-order valence-electron chi connectivity index (χ4n) is 6.75. The number of carbonyl (C=O) groups excluding carboxylic acids is 1. The molecule has 1 aliphatic rings. The quantitative estimate of drug-likeness (QED) is 0.180. The number of hydrogen-bond acceptors (Lipinski definition) is 5. The van der Waals surface area contributed by atoms with Gasteiger partial charge in [-0.1, -0.05) is 68.4 Å². The van der Waals surface area contributed by atoms with Crippen molar-refractivity contribution in [3.63, 3.8) is 0 Å². The largest absolute Gasteiger partial charge is 0.479 e. The van der Waals surface area contributed by atoms with Crippen LogP contribution in [0.2, 0.25) is 0 Å². The molecule has 4 aromatic rings. The van der Waals surface area contributed by atoms with Gasteiger partial charge in [0.1, 0.15) is 5.82 Å². The maximum Gasteiger partial charge on any atom is 0.337 e. The molecule has 1 saturated heterocycles. The molecule has 50 heavy (non-hydrogen) atoms. The van der Waals surface area contributed by atoms with Gasteiger partial charge in [-0.3, -0.25) is 9.78 Å². The van der Waals surface area contributed by atoms with Gasteiger partial charge in [-0.05, 0) is 100 Å². The molecule has 0 aliphatic carbocycles. The van der Waals surface area contributed by atoms with Gasteiger partial charge in [-0.25, -0.2) is 9.18 Å². The Morgan fingerprint density at radius 1 is 0.900 bits per heavy atom. The third-order valence-corrected chi connectivity index (χ3v) is 9.54. The average Bonchev–Trinajstić information content (AvgIpc) is 3.04. The van der Waals surface area contributed by atoms with E-state index in [1.54, 1.807) is 17.0 Å². The molecule has 1 N–H and O–H groups in total. The number of hydrogen-bond donors (Lipinski definition) is 1. The smallest absolute Gasteiger partial charge is 0.337 e. The number of pyridine rings is 1. The van der Waals surface area contributed by atoms with E-state index >= 15 is 0 Å². The summed E-state index contributed by atoms with van der Waals surface area (Å²) in [4.78, 5) is 35.8. The highest BCUT2D eigenvalue weighted by molar-refractivity contribution is 5.95. The van der Waals surface area contributed by atoms with Gasteiger partial charge in [0.05, 0.1) is 11.3 Å². The molecule has 7 nitrogen and oxygen atoms in total. The first-order chi connectivity index (χ1) is 23.5. The summed E-state index contributed by atoms with van der Waals surface area (Å²) in [5.74, 6) is -1.47. The minimum Gasteiger partial charge on any atom is -0.479 e. The zero-order chi connectivity index (χ0) is 36.4. The molecule has 0 radical (unpaired) electrons. The summed E-state index contributed by atoms with van der Waals surface area (Å²) in [6.07, 6.45) is 0.752. The normalized spacial score (nSPS) is 15.1. The fourth-order valence-corrected chi connectivity index (χ4v) is 6.75. The number of amides is 1. The molecule has 2 heterocycles. The van der Waals surface area contributed by atoms with E-state index in [9.17, 15) is 19.1 Å². The van der Waals surface area contributed by atoms with Crippen molar-refractivity contribution in [2.75, 3.05) is 18.0 Å². The van der Waals surface area contributed by atoms with Crippen molar-refractivity contribution in [1.29, 1.82) is 0 Å². The van der Waals surface area contributed by atoms with E-state index in [0.717, 1.165) is 65.1 Å². The summed E-state index contributed by atoms with van der Waals surface area (Å²) in [7, 11) is 0. The molecule has 1 atom stereocenters. The van der Waals surface area contributed by atoms with Crippen molar-refractivity contribution >= 4 is 17.6 Å². The van der Waals surface area contributed by atoms with Crippen molar-refractivity contribution in [3.05, 3.63) is 118 Å². The van der Waals surface area contributed by atoms with E-state index in [-0.39, 0.29) is 17.1 Å². The van der Waals surface area contributed by atoms with E-state index < -0.39 is 17.7 Å². The van der Waals surface area contributed by atoms with Crippen LogP contribution in [-0.4, -0.2) is 45.6 Å². The highest BCUT2D eigenvalue weighted by Crippen LogP contribution is 2.45. The summed E-state index contributed by atoms with van der Waals surface area (Å²) >= 11 is 0. The average molecular weight is 680 g/mol. The van der Waals surface area contributed by atoms with Gasteiger partial charge in [-0.15, -0.1) is 0 Å². The number of piperidine rings is 1. The SMILES string of the molecule is Cc1ccccc1C(=O)N(Cc1ccc(F)cc1)Cc1ccc(-c2c(C)nc(C)c(C(OC(C)(C)C)C(=O)O)c2N2CCC(C)(C)CC2)cc1. The van der Waals surface area contributed by atoms with E-state index in [1.165, 1.54) is 12.1 Å². The summed E-state index contributed by atoms with van der Waals surface area (Å²) in [6.45, 7) is 18.2. The Hall–Kier alpha value is -4.56. The van der Waals surface area contributed by atoms with Crippen LogP contribution in [0.1, 0.15) is 97.6 Å². The maximum absolute atomic E-state index is 13.9. The number of nitrogens with zero attached hydrogens (tertiary/aromatic N) is 3. The van der Waals surface area contributed by atoms with Crippen molar-refractivity contribution in [1.82, 2.24) is 9.88 Å². The topological polar surface area (TPSA) is 83.0 Å². The Labute approximate surface area is 296 Å². The molecule has 1 fully saturated rings. The first-order valence-corrected chi connectivity index (χ1v) is 17.4. The third kappa shape index (κ3) is 8.59. The van der Waals surface area contributed by atoms with Crippen LogP contribution in [0, 0.1) is 32.0 Å². The Balaban J connectivity index is 1.56. The number of halogens is 1. The lowest BCUT2D eigenvalue weighted by Crippen LogP contribution is -2.39. The Bertz CT molecular complexity index is 1830. The number of aryl methyl sites for hydroxylation is 3. The molecule has 0 saturated carbocycles. The Morgan fingerprint density at radius 3 is 2.00 bits per heavy atom. The van der Waals surface area contributed by atoms with Crippen LogP contribution in [0.4, 0.5) is 10.1 Å². The lowest BCUT2D eigenvalue weighted by atomic mass is 9.81. The van der Waals surface area contributed by atoms with Crippen LogP contribution >= 0.6 is 0 Å². The molecule has 1 amide bonds. The molecule has 264 valence electrons. The zero-order valence-corrected chi connectivity index (χ0v) is 30.6. The zero-order valence-electron chi connectivity index (χ0n) is 30.6. The Kier molecular flexibility index (Phi) is 10.8. The predicted octanol–water partition coefficient (Wildman–Crippen LogP) is 9.22. The minimum atomic E-state index is -1.20. The van der Waals surface area contributed by atoms with E-state index in [2.05, 4.69) is 18.7 Å². The van der Waals surface area contributed by atoms with Crippen molar-refractivity contribution < 1.29 is 23.8 Å². The molecule has 1 aliphatic heterocycles. The monoisotopic (exact) mass is 679 g/mol. The van der Waals surface area contributed by atoms with E-state index in [0.29, 0.717) is 29.9 Å². The maximum atomic E-state index is 13.9. The third-order valence-electron chi connectivity index (χ3n) is 9.54. The lowest BCUT2D eigenvalue weighted by molar-refractivity contribution is -0.160. The number of carboxylic acids is 1. The number of rotatable bonds is 10. The number of aliphatic carboxylic acids is 1. The lowest BCUT2D eigenvalue weighted by Gasteiger charge is -2.41. The highest BCUT2D eigenvalue weighted by Gasteiger charge is 2.36. The van der Waals surface area contributed by atoms with Gasteiger partial charge >= 0.3 is 5.97 Å². The first-order valence-electron chi connectivity index (χ1n) is 17.4. The molecule has 5 rings (SSSR count). The predicted molar refractivity (Wildman–Crippen MR) is 197 cm³/mol. The van der Waals surface area contributed by atoms with Crippen LogP contribution in [0.25, 0.3) is 11.1 Å². The van der Waals surface area contributed by atoms with Gasteiger partial charge < -0.3 is 19.6 Å². The van der Waals surface area contributed by atoms with Crippen molar-refractivity contribution in [2.45, 2.75) is 93.0 Å².